The maximum atomic E-state index is 11.3. The molecular formula is C12H18ClNO3. The Morgan fingerprint density at radius 2 is 2.18 bits per heavy atom. The van der Waals surface area contributed by atoms with E-state index in [2.05, 4.69) is 5.73 Å². The lowest BCUT2D eigenvalue weighted by atomic mass is 10.0. The van der Waals surface area contributed by atoms with Gasteiger partial charge in [-0.05, 0) is 19.1 Å². The Morgan fingerprint density at radius 1 is 1.47 bits per heavy atom. The SMILES string of the molecule is CCOC(=O)CC([NH3+])c1cccc(OC)c1.[Cl-]. The highest BCUT2D eigenvalue weighted by atomic mass is 35.5. The van der Waals surface area contributed by atoms with Gasteiger partial charge in [0.2, 0.25) is 0 Å². The minimum absolute atomic E-state index is 0. The van der Waals surface area contributed by atoms with Crippen LogP contribution in [-0.4, -0.2) is 19.7 Å². The van der Waals surface area contributed by atoms with E-state index in [1.807, 2.05) is 24.3 Å². The van der Waals surface area contributed by atoms with Crippen LogP contribution in [0.3, 0.4) is 0 Å². The first-order valence-corrected chi connectivity index (χ1v) is 5.30. The third-order valence-electron chi connectivity index (χ3n) is 2.28. The number of esters is 1. The number of ether oxygens (including phenoxy) is 2. The summed E-state index contributed by atoms with van der Waals surface area (Å²) >= 11 is 0. The standard InChI is InChI=1S/C12H17NO3.ClH/c1-3-16-12(14)8-11(13)9-5-4-6-10(7-9)15-2;/h4-7,11H,3,8,13H2,1-2H3;1H. The summed E-state index contributed by atoms with van der Waals surface area (Å²) in [5.74, 6) is 0.556. The molecule has 17 heavy (non-hydrogen) atoms. The number of hydrogen-bond acceptors (Lipinski definition) is 3. The van der Waals surface area contributed by atoms with Gasteiger partial charge >= 0.3 is 5.97 Å². The van der Waals surface area contributed by atoms with Crippen LogP contribution in [0.4, 0.5) is 0 Å². The molecular weight excluding hydrogens is 242 g/mol. The number of halogens is 1. The van der Waals surface area contributed by atoms with Crippen molar-refractivity contribution in [2.24, 2.45) is 0 Å². The first-order chi connectivity index (χ1) is 7.67. The van der Waals surface area contributed by atoms with Crippen LogP contribution in [0.25, 0.3) is 0 Å². The van der Waals surface area contributed by atoms with Gasteiger partial charge in [-0.1, -0.05) is 12.1 Å². The van der Waals surface area contributed by atoms with Crippen molar-refractivity contribution in [1.82, 2.24) is 0 Å². The van der Waals surface area contributed by atoms with Crippen LogP contribution in [0.15, 0.2) is 24.3 Å². The van der Waals surface area contributed by atoms with Gasteiger partial charge in [0.1, 0.15) is 18.2 Å². The predicted octanol–water partition coefficient (Wildman–Crippen LogP) is -2.06. The fourth-order valence-corrected chi connectivity index (χ4v) is 1.43. The van der Waals surface area contributed by atoms with E-state index < -0.39 is 0 Å². The molecule has 5 heteroatoms. The van der Waals surface area contributed by atoms with Crippen molar-refractivity contribution in [1.29, 1.82) is 0 Å². The third kappa shape index (κ3) is 5.06. The van der Waals surface area contributed by atoms with Crippen LogP contribution in [0.5, 0.6) is 5.75 Å². The van der Waals surface area contributed by atoms with Gasteiger partial charge in [0.05, 0.1) is 13.7 Å². The molecule has 0 aliphatic rings. The fourth-order valence-electron chi connectivity index (χ4n) is 1.43. The molecule has 0 saturated heterocycles. The van der Waals surface area contributed by atoms with Crippen LogP contribution in [0.1, 0.15) is 24.9 Å². The highest BCUT2D eigenvalue weighted by Gasteiger charge is 2.16. The van der Waals surface area contributed by atoms with E-state index >= 15 is 0 Å². The van der Waals surface area contributed by atoms with E-state index in [9.17, 15) is 4.79 Å². The smallest absolute Gasteiger partial charge is 0.312 e. The molecule has 0 aliphatic carbocycles. The highest BCUT2D eigenvalue weighted by molar-refractivity contribution is 5.70. The van der Waals surface area contributed by atoms with E-state index in [-0.39, 0.29) is 24.4 Å². The molecule has 0 aromatic heterocycles. The molecule has 1 unspecified atom stereocenters. The first kappa shape index (κ1) is 15.7. The van der Waals surface area contributed by atoms with Gasteiger partial charge in [-0.2, -0.15) is 0 Å². The lowest BCUT2D eigenvalue weighted by molar-refractivity contribution is -0.425. The summed E-state index contributed by atoms with van der Waals surface area (Å²) in [4.78, 5) is 11.3. The summed E-state index contributed by atoms with van der Waals surface area (Å²) < 4.78 is 9.99. The second-order valence-corrected chi connectivity index (χ2v) is 3.48. The molecule has 96 valence electrons. The average molecular weight is 260 g/mol. The molecule has 0 spiro atoms. The monoisotopic (exact) mass is 259 g/mol. The van der Waals surface area contributed by atoms with Crippen LogP contribution >= 0.6 is 0 Å². The Bertz CT molecular complexity index is 357. The molecule has 1 rings (SSSR count). The first-order valence-electron chi connectivity index (χ1n) is 5.30. The predicted molar refractivity (Wildman–Crippen MR) is 59.9 cm³/mol. The number of hydrogen-bond donors (Lipinski definition) is 1. The van der Waals surface area contributed by atoms with Gasteiger partial charge in [-0.15, -0.1) is 0 Å². The zero-order valence-corrected chi connectivity index (χ0v) is 10.9. The molecule has 0 fully saturated rings. The number of carbonyl (C=O) groups excluding carboxylic acids is 1. The number of benzene rings is 1. The molecule has 1 atom stereocenters. The molecule has 1 aromatic rings. The van der Waals surface area contributed by atoms with Crippen molar-refractivity contribution in [2.75, 3.05) is 13.7 Å². The second-order valence-electron chi connectivity index (χ2n) is 3.48. The minimum Gasteiger partial charge on any atom is -1.00 e. The molecule has 0 aliphatic heterocycles. The van der Waals surface area contributed by atoms with Crippen molar-refractivity contribution in [3.05, 3.63) is 29.8 Å². The molecule has 1 aromatic carbocycles. The van der Waals surface area contributed by atoms with Crippen molar-refractivity contribution in [2.45, 2.75) is 19.4 Å². The van der Waals surface area contributed by atoms with Crippen molar-refractivity contribution in [3.63, 3.8) is 0 Å². The maximum Gasteiger partial charge on any atom is 0.312 e. The van der Waals surface area contributed by atoms with Gasteiger partial charge in [-0.3, -0.25) is 4.79 Å². The van der Waals surface area contributed by atoms with E-state index in [4.69, 9.17) is 9.47 Å². The number of carbonyl (C=O) groups is 1. The van der Waals surface area contributed by atoms with Crippen LogP contribution in [0.2, 0.25) is 0 Å². The van der Waals surface area contributed by atoms with Gasteiger partial charge in [0.25, 0.3) is 0 Å². The number of rotatable bonds is 5. The molecule has 0 saturated carbocycles. The van der Waals surface area contributed by atoms with Crippen molar-refractivity contribution >= 4 is 5.97 Å². The lowest BCUT2D eigenvalue weighted by Crippen LogP contribution is -3.00. The number of methoxy groups -OCH3 is 1. The van der Waals surface area contributed by atoms with Crippen LogP contribution in [0, 0.1) is 0 Å². The summed E-state index contributed by atoms with van der Waals surface area (Å²) in [6, 6.07) is 7.46. The van der Waals surface area contributed by atoms with Gasteiger partial charge in [-0.25, -0.2) is 0 Å². The summed E-state index contributed by atoms with van der Waals surface area (Å²) in [7, 11) is 1.61. The van der Waals surface area contributed by atoms with Gasteiger partial charge in [0.15, 0.2) is 0 Å². The quantitative estimate of drug-likeness (QED) is 0.619. The molecule has 0 heterocycles. The summed E-state index contributed by atoms with van der Waals surface area (Å²) in [5.41, 5.74) is 4.93. The molecule has 0 radical (unpaired) electrons. The zero-order valence-electron chi connectivity index (χ0n) is 10.1. The average Bonchev–Trinajstić information content (AvgIpc) is 2.29. The summed E-state index contributed by atoms with van der Waals surface area (Å²) in [5, 5.41) is 0. The van der Waals surface area contributed by atoms with Crippen LogP contribution in [-0.2, 0) is 9.53 Å². The van der Waals surface area contributed by atoms with Gasteiger partial charge < -0.3 is 27.6 Å². The maximum absolute atomic E-state index is 11.3. The topological polar surface area (TPSA) is 63.2 Å². The summed E-state index contributed by atoms with van der Waals surface area (Å²) in [6.45, 7) is 2.20. The highest BCUT2D eigenvalue weighted by Crippen LogP contribution is 2.18. The Balaban J connectivity index is 0.00000256. The fraction of sp³-hybridized carbons (Fsp3) is 0.417. The molecule has 0 amide bonds. The Kier molecular flexibility index (Phi) is 7.34. The molecule has 0 bridgehead atoms. The third-order valence-corrected chi connectivity index (χ3v) is 2.28. The van der Waals surface area contributed by atoms with Crippen LogP contribution < -0.4 is 22.9 Å². The van der Waals surface area contributed by atoms with E-state index in [0.29, 0.717) is 13.0 Å². The Morgan fingerprint density at radius 3 is 2.76 bits per heavy atom. The minimum atomic E-state index is -0.217. The van der Waals surface area contributed by atoms with E-state index in [1.165, 1.54) is 0 Å². The van der Waals surface area contributed by atoms with Crippen molar-refractivity contribution in [3.8, 4) is 5.75 Å². The number of quaternary nitrogens is 1. The van der Waals surface area contributed by atoms with Crippen molar-refractivity contribution < 1.29 is 32.4 Å². The second kappa shape index (κ2) is 7.92. The largest absolute Gasteiger partial charge is 1.00 e. The zero-order chi connectivity index (χ0) is 12.0. The molecule has 4 nitrogen and oxygen atoms in total. The summed E-state index contributed by atoms with van der Waals surface area (Å²) in [6.07, 6.45) is 0.293. The lowest BCUT2D eigenvalue weighted by Gasteiger charge is -2.09. The van der Waals surface area contributed by atoms with E-state index in [1.54, 1.807) is 14.0 Å². The Hall–Kier alpha value is -1.26. The van der Waals surface area contributed by atoms with Gasteiger partial charge in [0, 0.05) is 5.56 Å². The Labute approximate surface area is 108 Å². The molecule has 3 N–H and O–H groups in total. The normalized spacial score (nSPS) is 11.2. The van der Waals surface area contributed by atoms with E-state index in [0.717, 1.165) is 11.3 Å².